The Morgan fingerprint density at radius 3 is 1.84 bits per heavy atom. The minimum absolute atomic E-state index is 0.391. The van der Waals surface area contributed by atoms with Gasteiger partial charge in [0.15, 0.2) is 0 Å². The average Bonchev–Trinajstić information content (AvgIpc) is 3.74. The maximum absolute atomic E-state index is 7.54. The molecule has 7 nitrogen and oxygen atoms in total. The Bertz CT molecular complexity index is 1450. The summed E-state index contributed by atoms with van der Waals surface area (Å²) < 4.78 is 1.74. The summed E-state index contributed by atoms with van der Waals surface area (Å²) in [5.41, 5.74) is 12.1. The highest BCUT2D eigenvalue weighted by Crippen LogP contribution is 2.51. The van der Waals surface area contributed by atoms with Gasteiger partial charge in [0.05, 0.1) is 28.4 Å². The number of anilines is 7. The average molecular weight is 789 g/mol. The number of hydrazine groups is 1. The van der Waals surface area contributed by atoms with E-state index in [0.29, 0.717) is 18.5 Å². The monoisotopic (exact) mass is 788 g/mol. The maximum Gasteiger partial charge on any atom is 0.108 e. The van der Waals surface area contributed by atoms with Gasteiger partial charge in [0.25, 0.3) is 0 Å². The molecule has 0 amide bonds. The number of unbranched alkanes of at least 4 members (excludes halogenated alkanes) is 11. The van der Waals surface area contributed by atoms with Crippen molar-refractivity contribution in [2.45, 2.75) is 169 Å². The summed E-state index contributed by atoms with van der Waals surface area (Å²) in [6.45, 7) is 12.6. The highest BCUT2D eigenvalue weighted by atomic mass is 35.5. The molecule has 1 atom stereocenters. The molecule has 3 aromatic rings. The van der Waals surface area contributed by atoms with E-state index in [1.165, 1.54) is 89.9 Å². The molecule has 4 rings (SSSR count). The zero-order valence-corrected chi connectivity index (χ0v) is 36.5. The number of para-hydroxylation sites is 2. The molecular weight excluding hydrogens is 710 g/mol. The second kappa shape index (κ2) is 27.4. The first-order valence-corrected chi connectivity index (χ1v) is 23.2. The van der Waals surface area contributed by atoms with E-state index >= 15 is 0 Å². The molecule has 8 heteroatoms. The Balaban J connectivity index is 1.81. The van der Waals surface area contributed by atoms with Gasteiger partial charge in [0, 0.05) is 48.7 Å². The van der Waals surface area contributed by atoms with Gasteiger partial charge in [-0.15, -0.1) is 0 Å². The van der Waals surface area contributed by atoms with Crippen molar-refractivity contribution in [3.63, 3.8) is 0 Å². The summed E-state index contributed by atoms with van der Waals surface area (Å²) in [4.78, 5) is 0. The molecule has 0 radical (unpaired) electrons. The molecule has 1 unspecified atom stereocenters. The van der Waals surface area contributed by atoms with Crippen molar-refractivity contribution in [3.05, 3.63) is 66.2 Å². The van der Waals surface area contributed by atoms with Crippen LogP contribution >= 0.6 is 11.8 Å². The third kappa shape index (κ3) is 15.6. The molecule has 56 heavy (non-hydrogen) atoms. The molecule has 1 aliphatic rings. The highest BCUT2D eigenvalue weighted by molar-refractivity contribution is 6.28. The second-order valence-corrected chi connectivity index (χ2v) is 16.5. The van der Waals surface area contributed by atoms with E-state index in [2.05, 4.69) is 114 Å². The van der Waals surface area contributed by atoms with Crippen molar-refractivity contribution in [2.75, 3.05) is 50.9 Å². The maximum atomic E-state index is 7.54. The van der Waals surface area contributed by atoms with Gasteiger partial charge < -0.3 is 26.6 Å². The standard InChI is InChI=1S/C48H78ClN7/c1-5-9-12-13-14-15-16-17-18-27-36-51-45-44(53-40-29-21-19-22-30-40)43(38-50-35-11-7-3)48(56(49)55-42-33-23-20-24-34-42)47(54-41-31-25-26-32-41)46(45)52-37-39(8-4)28-10-6-2/h19-24,29-30,33-34,39,41,50-55H,5-18,25-28,31-32,35-38H2,1-4H3. The summed E-state index contributed by atoms with van der Waals surface area (Å²) >= 11 is 7.54. The van der Waals surface area contributed by atoms with Crippen molar-refractivity contribution in [1.29, 1.82) is 0 Å². The molecule has 0 saturated heterocycles. The van der Waals surface area contributed by atoms with Crippen molar-refractivity contribution in [1.82, 2.24) is 5.32 Å². The molecule has 1 saturated carbocycles. The largest absolute Gasteiger partial charge is 0.382 e. The number of rotatable bonds is 31. The van der Waals surface area contributed by atoms with Crippen LogP contribution in [0.4, 0.5) is 39.8 Å². The fourth-order valence-electron chi connectivity index (χ4n) is 7.96. The third-order valence-electron chi connectivity index (χ3n) is 11.5. The first-order valence-electron chi connectivity index (χ1n) is 22.9. The fourth-order valence-corrected chi connectivity index (χ4v) is 8.25. The van der Waals surface area contributed by atoms with Gasteiger partial charge in [-0.05, 0) is 68.8 Å². The predicted octanol–water partition coefficient (Wildman–Crippen LogP) is 14.6. The van der Waals surface area contributed by atoms with E-state index in [9.17, 15) is 0 Å². The van der Waals surface area contributed by atoms with Crippen LogP contribution in [-0.4, -0.2) is 25.7 Å². The van der Waals surface area contributed by atoms with E-state index in [4.69, 9.17) is 11.8 Å². The van der Waals surface area contributed by atoms with E-state index < -0.39 is 0 Å². The number of nitrogens with one attached hydrogen (secondary N) is 6. The van der Waals surface area contributed by atoms with Gasteiger partial charge in [0.1, 0.15) is 5.69 Å². The van der Waals surface area contributed by atoms with Gasteiger partial charge in [-0.2, -0.15) is 4.53 Å². The lowest BCUT2D eigenvalue weighted by molar-refractivity contribution is 0.473. The molecule has 1 aliphatic carbocycles. The first kappa shape index (κ1) is 45.4. The Hall–Kier alpha value is -3.29. The van der Waals surface area contributed by atoms with Crippen LogP contribution in [0.3, 0.4) is 0 Å². The molecule has 6 N–H and O–H groups in total. The van der Waals surface area contributed by atoms with E-state index in [0.717, 1.165) is 104 Å². The van der Waals surface area contributed by atoms with Gasteiger partial charge >= 0.3 is 0 Å². The molecule has 0 aromatic heterocycles. The van der Waals surface area contributed by atoms with Gasteiger partial charge in [-0.25, -0.2) is 0 Å². The molecule has 1 fully saturated rings. The van der Waals surface area contributed by atoms with Crippen LogP contribution in [0.25, 0.3) is 0 Å². The summed E-state index contributed by atoms with van der Waals surface area (Å²) in [5, 5.41) is 20.0. The first-order chi connectivity index (χ1) is 27.6. The molecule has 0 aliphatic heterocycles. The Kier molecular flexibility index (Phi) is 22.2. The zero-order chi connectivity index (χ0) is 39.6. The normalized spacial score (nSPS) is 13.4. The smallest absolute Gasteiger partial charge is 0.108 e. The van der Waals surface area contributed by atoms with E-state index in [1.54, 1.807) is 4.53 Å². The summed E-state index contributed by atoms with van der Waals surface area (Å²) in [6.07, 6.45) is 25.2. The molecular formula is C48H78ClN7. The lowest BCUT2D eigenvalue weighted by Crippen LogP contribution is -2.28. The number of nitrogens with zero attached hydrogens (tertiary/aromatic N) is 1. The van der Waals surface area contributed by atoms with Gasteiger partial charge in [-0.1, -0.05) is 160 Å². The number of hydrogen-bond donors (Lipinski definition) is 6. The van der Waals surface area contributed by atoms with Crippen LogP contribution in [-0.2, 0) is 6.54 Å². The quantitative estimate of drug-likeness (QED) is 0.0220. The zero-order valence-electron chi connectivity index (χ0n) is 35.7. The van der Waals surface area contributed by atoms with Crippen LogP contribution < -0.4 is 36.5 Å². The van der Waals surface area contributed by atoms with Crippen LogP contribution in [0.15, 0.2) is 60.7 Å². The Morgan fingerprint density at radius 2 is 1.21 bits per heavy atom. The topological polar surface area (TPSA) is 75.4 Å². The van der Waals surface area contributed by atoms with E-state index in [-0.39, 0.29) is 0 Å². The van der Waals surface area contributed by atoms with Crippen molar-refractivity contribution in [2.24, 2.45) is 5.92 Å². The van der Waals surface area contributed by atoms with Crippen LogP contribution in [0.2, 0.25) is 0 Å². The van der Waals surface area contributed by atoms with Crippen molar-refractivity contribution in [3.8, 4) is 0 Å². The SMILES string of the molecule is CCCCCCCCCCCCNc1c(Nc2ccccc2)c(CNCCCC)c(N(Cl)Nc2ccccc2)c(NC2CCCC2)c1NCC(CC)CCCC. The van der Waals surface area contributed by atoms with Crippen molar-refractivity contribution < 1.29 is 0 Å². The molecule has 3 aromatic carbocycles. The van der Waals surface area contributed by atoms with Gasteiger partial charge in [-0.3, -0.25) is 5.43 Å². The van der Waals surface area contributed by atoms with E-state index in [1.807, 2.05) is 6.07 Å². The Labute approximate surface area is 347 Å². The second-order valence-electron chi connectivity index (χ2n) is 16.1. The molecule has 0 bridgehead atoms. The van der Waals surface area contributed by atoms with Crippen molar-refractivity contribution >= 4 is 51.6 Å². The molecule has 312 valence electrons. The minimum Gasteiger partial charge on any atom is -0.382 e. The molecule has 0 heterocycles. The minimum atomic E-state index is 0.391. The lowest BCUT2D eigenvalue weighted by atomic mass is 9.98. The van der Waals surface area contributed by atoms with Crippen LogP contribution in [0.5, 0.6) is 0 Å². The number of halogens is 1. The number of benzene rings is 3. The summed E-state index contributed by atoms with van der Waals surface area (Å²) in [7, 11) is 0. The summed E-state index contributed by atoms with van der Waals surface area (Å²) in [5.74, 6) is 0.586. The van der Waals surface area contributed by atoms with Crippen LogP contribution in [0, 0.1) is 5.92 Å². The third-order valence-corrected chi connectivity index (χ3v) is 11.7. The van der Waals surface area contributed by atoms with Crippen LogP contribution in [0.1, 0.15) is 162 Å². The lowest BCUT2D eigenvalue weighted by Gasteiger charge is -2.33. The fraction of sp³-hybridized carbons (Fsp3) is 0.625. The molecule has 0 spiro atoms. The predicted molar refractivity (Wildman–Crippen MR) is 249 cm³/mol. The Morgan fingerprint density at radius 1 is 0.625 bits per heavy atom. The van der Waals surface area contributed by atoms with Gasteiger partial charge in [0.2, 0.25) is 0 Å². The highest BCUT2D eigenvalue weighted by Gasteiger charge is 2.30. The number of hydrogen-bond acceptors (Lipinski definition) is 7. The summed E-state index contributed by atoms with van der Waals surface area (Å²) in [6, 6.07) is 21.3.